The molecule has 0 atom stereocenters. The number of aromatic amines is 1. The van der Waals surface area contributed by atoms with Crippen LogP contribution in [0.4, 0.5) is 4.39 Å². The Hall–Kier alpha value is -2.71. The van der Waals surface area contributed by atoms with E-state index in [9.17, 15) is 18.8 Å². The minimum atomic E-state index is -0.486. The van der Waals surface area contributed by atoms with Crippen LogP contribution in [-0.4, -0.2) is 83.1 Å². The molecule has 1 aromatic carbocycles. The summed E-state index contributed by atoms with van der Waals surface area (Å²) in [5.41, 5.74) is 1.20. The number of carbonyl (C=O) groups is 3. The quantitative estimate of drug-likeness (QED) is 0.716. The average molecular weight is 447 g/mol. The summed E-state index contributed by atoms with van der Waals surface area (Å²) in [7, 11) is 0. The molecule has 4 rings (SSSR count). The molecule has 0 bridgehead atoms. The highest BCUT2D eigenvalue weighted by atomic mass is 35.5. The summed E-state index contributed by atoms with van der Waals surface area (Å²) in [4.78, 5) is 46.1. The highest BCUT2D eigenvalue weighted by molar-refractivity contribution is 6.33. The maximum absolute atomic E-state index is 13.2. The van der Waals surface area contributed by atoms with Crippen LogP contribution in [0.2, 0.25) is 5.02 Å². The lowest BCUT2D eigenvalue weighted by atomic mass is 10.1. The third kappa shape index (κ3) is 4.80. The van der Waals surface area contributed by atoms with Gasteiger partial charge < -0.3 is 14.8 Å². The molecule has 2 aliphatic heterocycles. The van der Waals surface area contributed by atoms with E-state index < -0.39 is 5.82 Å². The fraction of sp³-hybridized carbons (Fsp3) is 0.409. The van der Waals surface area contributed by atoms with Gasteiger partial charge in [-0.3, -0.25) is 19.3 Å². The van der Waals surface area contributed by atoms with Crippen molar-refractivity contribution >= 4 is 29.2 Å². The number of hydrogen-bond donors (Lipinski definition) is 1. The summed E-state index contributed by atoms with van der Waals surface area (Å²) in [5, 5.41) is 0.0920. The standard InChI is InChI=1S/C22H24ClFN4O3/c23-18-12-16(24)3-4-17(18)21(30)28-9-7-26(8-10-28)14-20(29)15-11-19(25-13-15)22(31)27-5-1-2-6-27/h3-4,11-13,25H,1-2,5-10,14H2. The number of carbonyl (C=O) groups excluding carboxylic acids is 3. The van der Waals surface area contributed by atoms with E-state index in [0.717, 1.165) is 32.0 Å². The second-order valence-corrected chi connectivity index (χ2v) is 8.32. The molecule has 164 valence electrons. The number of benzene rings is 1. The Morgan fingerprint density at radius 3 is 2.29 bits per heavy atom. The van der Waals surface area contributed by atoms with E-state index in [2.05, 4.69) is 4.98 Å². The van der Waals surface area contributed by atoms with Crippen molar-refractivity contribution in [2.24, 2.45) is 0 Å². The molecule has 2 aromatic rings. The van der Waals surface area contributed by atoms with Crippen LogP contribution in [0, 0.1) is 5.82 Å². The number of amides is 2. The Morgan fingerprint density at radius 1 is 0.935 bits per heavy atom. The summed E-state index contributed by atoms with van der Waals surface area (Å²) < 4.78 is 13.2. The number of H-pyrrole nitrogens is 1. The lowest BCUT2D eigenvalue weighted by Gasteiger charge is -2.34. The number of likely N-dealkylation sites (tertiary alicyclic amines) is 1. The van der Waals surface area contributed by atoms with Crippen LogP contribution in [0.15, 0.2) is 30.5 Å². The highest BCUT2D eigenvalue weighted by Gasteiger charge is 2.26. The highest BCUT2D eigenvalue weighted by Crippen LogP contribution is 2.20. The van der Waals surface area contributed by atoms with Gasteiger partial charge in [-0.25, -0.2) is 4.39 Å². The van der Waals surface area contributed by atoms with Gasteiger partial charge in [-0.1, -0.05) is 11.6 Å². The molecule has 2 saturated heterocycles. The first-order chi connectivity index (χ1) is 14.9. The molecule has 7 nitrogen and oxygen atoms in total. The van der Waals surface area contributed by atoms with Crippen LogP contribution in [0.25, 0.3) is 0 Å². The van der Waals surface area contributed by atoms with Crippen LogP contribution >= 0.6 is 11.6 Å². The van der Waals surface area contributed by atoms with E-state index in [0.29, 0.717) is 37.4 Å². The maximum Gasteiger partial charge on any atom is 0.270 e. The van der Waals surface area contributed by atoms with Gasteiger partial charge in [0.05, 0.1) is 17.1 Å². The molecule has 9 heteroatoms. The summed E-state index contributed by atoms with van der Waals surface area (Å²) in [6.45, 7) is 3.72. The largest absolute Gasteiger partial charge is 0.356 e. The number of nitrogens with one attached hydrogen (secondary N) is 1. The molecule has 0 unspecified atom stereocenters. The molecular formula is C22H24ClFN4O3. The Bertz CT molecular complexity index is 994. The predicted molar refractivity (Wildman–Crippen MR) is 114 cm³/mol. The Balaban J connectivity index is 1.30. The zero-order valence-electron chi connectivity index (χ0n) is 17.1. The fourth-order valence-electron chi connectivity index (χ4n) is 4.01. The molecule has 31 heavy (non-hydrogen) atoms. The van der Waals surface area contributed by atoms with E-state index in [1.165, 1.54) is 12.1 Å². The van der Waals surface area contributed by atoms with E-state index in [4.69, 9.17) is 11.6 Å². The molecule has 0 radical (unpaired) electrons. The number of hydrogen-bond acceptors (Lipinski definition) is 4. The molecule has 0 aliphatic carbocycles. The first-order valence-corrected chi connectivity index (χ1v) is 10.8. The zero-order chi connectivity index (χ0) is 22.0. The van der Waals surface area contributed by atoms with Crippen molar-refractivity contribution in [1.29, 1.82) is 0 Å². The van der Waals surface area contributed by atoms with Crippen molar-refractivity contribution in [3.63, 3.8) is 0 Å². The third-order valence-corrected chi connectivity index (χ3v) is 6.13. The second-order valence-electron chi connectivity index (χ2n) is 7.92. The lowest BCUT2D eigenvalue weighted by Crippen LogP contribution is -2.49. The molecule has 1 aromatic heterocycles. The summed E-state index contributed by atoms with van der Waals surface area (Å²) in [6, 6.07) is 5.36. The van der Waals surface area contributed by atoms with Crippen molar-refractivity contribution in [1.82, 2.24) is 19.7 Å². The van der Waals surface area contributed by atoms with Crippen LogP contribution < -0.4 is 0 Å². The molecule has 2 fully saturated rings. The second kappa shape index (κ2) is 9.20. The number of halogens is 2. The SMILES string of the molecule is O=C(CN1CCN(C(=O)c2ccc(F)cc2Cl)CC1)c1c[nH]c(C(=O)N2CCCC2)c1. The van der Waals surface area contributed by atoms with Crippen molar-refractivity contribution in [3.8, 4) is 0 Å². The number of Topliss-reactive ketones (excluding diaryl/α,β-unsaturated/α-hetero) is 1. The average Bonchev–Trinajstić information content (AvgIpc) is 3.46. The van der Waals surface area contributed by atoms with Crippen LogP contribution in [-0.2, 0) is 0 Å². The Kier molecular flexibility index (Phi) is 6.38. The smallest absolute Gasteiger partial charge is 0.270 e. The van der Waals surface area contributed by atoms with Crippen molar-refractivity contribution in [2.45, 2.75) is 12.8 Å². The molecular weight excluding hydrogens is 423 g/mol. The first kappa shape index (κ1) is 21.5. The summed E-state index contributed by atoms with van der Waals surface area (Å²) >= 11 is 6.00. The Morgan fingerprint density at radius 2 is 1.61 bits per heavy atom. The third-order valence-electron chi connectivity index (χ3n) is 5.82. The van der Waals surface area contributed by atoms with Gasteiger partial charge in [-0.2, -0.15) is 0 Å². The van der Waals surface area contributed by atoms with E-state index in [-0.39, 0.29) is 34.7 Å². The maximum atomic E-state index is 13.2. The first-order valence-electron chi connectivity index (χ1n) is 10.4. The number of piperazine rings is 1. The lowest BCUT2D eigenvalue weighted by molar-refractivity contribution is 0.0624. The summed E-state index contributed by atoms with van der Waals surface area (Å²) in [6.07, 6.45) is 3.61. The van der Waals surface area contributed by atoms with Gasteiger partial charge in [0.25, 0.3) is 11.8 Å². The molecule has 0 spiro atoms. The van der Waals surface area contributed by atoms with Gasteiger partial charge >= 0.3 is 0 Å². The van der Waals surface area contributed by atoms with E-state index >= 15 is 0 Å². The number of aromatic nitrogens is 1. The fourth-order valence-corrected chi connectivity index (χ4v) is 4.25. The molecule has 3 heterocycles. The van der Waals surface area contributed by atoms with Crippen molar-refractivity contribution in [3.05, 3.63) is 58.1 Å². The van der Waals surface area contributed by atoms with Gasteiger partial charge in [-0.15, -0.1) is 0 Å². The van der Waals surface area contributed by atoms with Crippen LogP contribution in [0.1, 0.15) is 44.0 Å². The van der Waals surface area contributed by atoms with Gasteiger partial charge in [0.2, 0.25) is 0 Å². The number of nitrogens with zero attached hydrogens (tertiary/aromatic N) is 3. The Labute approximate surface area is 184 Å². The minimum absolute atomic E-state index is 0.0665. The van der Waals surface area contributed by atoms with Crippen LogP contribution in [0.5, 0.6) is 0 Å². The number of rotatable bonds is 5. The van der Waals surface area contributed by atoms with E-state index in [1.54, 1.807) is 22.1 Å². The monoisotopic (exact) mass is 446 g/mol. The normalized spacial score (nSPS) is 17.2. The molecule has 1 N–H and O–H groups in total. The predicted octanol–water partition coefficient (Wildman–Crippen LogP) is 2.68. The molecule has 0 saturated carbocycles. The van der Waals surface area contributed by atoms with E-state index in [1.807, 2.05) is 4.90 Å². The summed E-state index contributed by atoms with van der Waals surface area (Å²) in [5.74, 6) is -0.868. The van der Waals surface area contributed by atoms with Gasteiger partial charge in [0, 0.05) is 51.0 Å². The topological polar surface area (TPSA) is 76.7 Å². The number of ketones is 1. The van der Waals surface area contributed by atoms with Gasteiger partial charge in [0.1, 0.15) is 11.5 Å². The van der Waals surface area contributed by atoms with Gasteiger partial charge in [0.15, 0.2) is 5.78 Å². The minimum Gasteiger partial charge on any atom is -0.356 e. The van der Waals surface area contributed by atoms with Crippen molar-refractivity contribution < 1.29 is 18.8 Å². The van der Waals surface area contributed by atoms with Gasteiger partial charge in [-0.05, 0) is 37.1 Å². The zero-order valence-corrected chi connectivity index (χ0v) is 17.8. The molecule has 2 aliphatic rings. The van der Waals surface area contributed by atoms with Crippen molar-refractivity contribution in [2.75, 3.05) is 45.8 Å². The van der Waals surface area contributed by atoms with Crippen LogP contribution in [0.3, 0.4) is 0 Å². The molecule has 2 amide bonds.